The highest BCUT2D eigenvalue weighted by atomic mass is 16.5. The molecule has 1 aromatic rings. The van der Waals surface area contributed by atoms with Gasteiger partial charge < -0.3 is 4.74 Å². The van der Waals surface area contributed by atoms with Gasteiger partial charge in [-0.1, -0.05) is 13.3 Å². The van der Waals surface area contributed by atoms with Crippen LogP contribution in [0.4, 0.5) is 10.5 Å². The third kappa shape index (κ3) is 4.01. The molecular formula is C12H14N2O2. The number of hydrogen-bond acceptors (Lipinski definition) is 3. The summed E-state index contributed by atoms with van der Waals surface area (Å²) < 4.78 is 4.93. The van der Waals surface area contributed by atoms with E-state index in [4.69, 9.17) is 10.00 Å². The molecule has 1 aromatic carbocycles. The Labute approximate surface area is 94.8 Å². The number of ether oxygens (including phenoxy) is 1. The van der Waals surface area contributed by atoms with Crippen molar-refractivity contribution in [2.45, 2.75) is 19.8 Å². The maximum absolute atomic E-state index is 11.2. The Morgan fingerprint density at radius 2 is 2.12 bits per heavy atom. The summed E-state index contributed by atoms with van der Waals surface area (Å²) in [4.78, 5) is 11.2. The molecule has 0 aliphatic heterocycles. The zero-order valence-electron chi connectivity index (χ0n) is 9.19. The Hall–Kier alpha value is -2.02. The number of rotatable bonds is 4. The molecule has 0 aliphatic carbocycles. The van der Waals surface area contributed by atoms with Crippen LogP contribution in [0, 0.1) is 11.3 Å². The average Bonchev–Trinajstić information content (AvgIpc) is 2.30. The summed E-state index contributed by atoms with van der Waals surface area (Å²) in [5, 5.41) is 11.2. The second-order valence-corrected chi connectivity index (χ2v) is 3.30. The van der Waals surface area contributed by atoms with Crippen molar-refractivity contribution >= 4 is 11.8 Å². The van der Waals surface area contributed by atoms with Gasteiger partial charge >= 0.3 is 6.09 Å². The second-order valence-electron chi connectivity index (χ2n) is 3.30. The Morgan fingerprint density at radius 1 is 1.44 bits per heavy atom. The minimum Gasteiger partial charge on any atom is -0.449 e. The van der Waals surface area contributed by atoms with E-state index in [9.17, 15) is 4.79 Å². The minimum absolute atomic E-state index is 0.429. The number of unbranched alkanes of at least 4 members (excludes halogenated alkanes) is 1. The van der Waals surface area contributed by atoms with Crippen LogP contribution in [0.2, 0.25) is 0 Å². The number of carbonyl (C=O) groups is 1. The number of amides is 1. The SMILES string of the molecule is CCCCOC(=O)Nc1ccc(C#N)cc1. The van der Waals surface area contributed by atoms with Gasteiger partial charge in [0.25, 0.3) is 0 Å². The number of benzene rings is 1. The van der Waals surface area contributed by atoms with E-state index in [-0.39, 0.29) is 0 Å². The molecule has 0 bridgehead atoms. The van der Waals surface area contributed by atoms with Gasteiger partial charge in [0.05, 0.1) is 18.2 Å². The van der Waals surface area contributed by atoms with Gasteiger partial charge in [-0.05, 0) is 30.7 Å². The number of nitriles is 1. The first-order chi connectivity index (χ1) is 7.76. The molecule has 0 saturated heterocycles. The lowest BCUT2D eigenvalue weighted by Crippen LogP contribution is -2.14. The summed E-state index contributed by atoms with van der Waals surface area (Å²) in [5.41, 5.74) is 1.19. The van der Waals surface area contributed by atoms with E-state index in [0.717, 1.165) is 12.8 Å². The fraction of sp³-hybridized carbons (Fsp3) is 0.333. The largest absolute Gasteiger partial charge is 0.449 e. The first-order valence-electron chi connectivity index (χ1n) is 5.20. The minimum atomic E-state index is -0.460. The Morgan fingerprint density at radius 3 is 2.69 bits per heavy atom. The van der Waals surface area contributed by atoms with E-state index in [2.05, 4.69) is 5.32 Å². The highest BCUT2D eigenvalue weighted by Crippen LogP contribution is 2.09. The van der Waals surface area contributed by atoms with Crippen LogP contribution in [0.1, 0.15) is 25.3 Å². The van der Waals surface area contributed by atoms with Gasteiger partial charge in [-0.2, -0.15) is 5.26 Å². The third-order valence-electron chi connectivity index (χ3n) is 1.99. The zero-order chi connectivity index (χ0) is 11.8. The van der Waals surface area contributed by atoms with Crippen LogP contribution in [-0.4, -0.2) is 12.7 Å². The first kappa shape index (κ1) is 12.1. The summed E-state index contributed by atoms with van der Waals surface area (Å²) in [7, 11) is 0. The fourth-order valence-corrected chi connectivity index (χ4v) is 1.09. The molecule has 4 heteroatoms. The molecule has 16 heavy (non-hydrogen) atoms. The van der Waals surface area contributed by atoms with Crippen LogP contribution < -0.4 is 5.32 Å². The van der Waals surface area contributed by atoms with E-state index in [1.807, 2.05) is 13.0 Å². The molecule has 0 unspecified atom stereocenters. The standard InChI is InChI=1S/C12H14N2O2/c1-2-3-8-16-12(15)14-11-6-4-10(9-13)5-7-11/h4-7H,2-3,8H2,1H3,(H,14,15). The summed E-state index contributed by atoms with van der Waals surface area (Å²) >= 11 is 0. The topological polar surface area (TPSA) is 62.1 Å². The summed E-state index contributed by atoms with van der Waals surface area (Å²) in [6.07, 6.45) is 1.39. The van der Waals surface area contributed by atoms with Gasteiger partial charge in [-0.15, -0.1) is 0 Å². The van der Waals surface area contributed by atoms with E-state index in [1.165, 1.54) is 0 Å². The first-order valence-corrected chi connectivity index (χ1v) is 5.20. The normalized spacial score (nSPS) is 9.25. The van der Waals surface area contributed by atoms with Crippen molar-refractivity contribution in [3.05, 3.63) is 29.8 Å². The van der Waals surface area contributed by atoms with Crippen molar-refractivity contribution in [2.75, 3.05) is 11.9 Å². The molecule has 0 saturated carbocycles. The van der Waals surface area contributed by atoms with Crippen LogP contribution in [0.3, 0.4) is 0 Å². The van der Waals surface area contributed by atoms with Crippen LogP contribution in [-0.2, 0) is 4.74 Å². The molecule has 0 aliphatic rings. The van der Waals surface area contributed by atoms with Crippen LogP contribution in [0.25, 0.3) is 0 Å². The van der Waals surface area contributed by atoms with E-state index in [0.29, 0.717) is 17.9 Å². The van der Waals surface area contributed by atoms with E-state index in [1.54, 1.807) is 24.3 Å². The Kier molecular flexibility index (Phi) is 4.87. The van der Waals surface area contributed by atoms with Crippen LogP contribution in [0.5, 0.6) is 0 Å². The number of carbonyl (C=O) groups excluding carboxylic acids is 1. The summed E-state index contributed by atoms with van der Waals surface area (Å²) in [5.74, 6) is 0. The van der Waals surface area contributed by atoms with Crippen LogP contribution in [0.15, 0.2) is 24.3 Å². The van der Waals surface area contributed by atoms with Crippen molar-refractivity contribution in [1.82, 2.24) is 0 Å². The predicted molar refractivity (Wildman–Crippen MR) is 61.0 cm³/mol. The molecule has 0 atom stereocenters. The number of anilines is 1. The zero-order valence-corrected chi connectivity index (χ0v) is 9.19. The monoisotopic (exact) mass is 218 g/mol. The highest BCUT2D eigenvalue weighted by Gasteiger charge is 2.02. The number of hydrogen-bond donors (Lipinski definition) is 1. The predicted octanol–water partition coefficient (Wildman–Crippen LogP) is 2.91. The fourth-order valence-electron chi connectivity index (χ4n) is 1.09. The maximum atomic E-state index is 11.2. The molecule has 0 heterocycles. The molecule has 0 fully saturated rings. The highest BCUT2D eigenvalue weighted by molar-refractivity contribution is 5.84. The molecule has 4 nitrogen and oxygen atoms in total. The van der Waals surface area contributed by atoms with E-state index >= 15 is 0 Å². The maximum Gasteiger partial charge on any atom is 0.411 e. The molecule has 0 aromatic heterocycles. The van der Waals surface area contributed by atoms with Gasteiger partial charge in [0.1, 0.15) is 0 Å². The molecular weight excluding hydrogens is 204 g/mol. The van der Waals surface area contributed by atoms with Crippen molar-refractivity contribution in [1.29, 1.82) is 5.26 Å². The third-order valence-corrected chi connectivity index (χ3v) is 1.99. The van der Waals surface area contributed by atoms with Crippen molar-refractivity contribution < 1.29 is 9.53 Å². The molecule has 0 radical (unpaired) electrons. The summed E-state index contributed by atoms with van der Waals surface area (Å²) in [6.45, 7) is 2.46. The lowest BCUT2D eigenvalue weighted by Gasteiger charge is -2.06. The number of nitrogens with one attached hydrogen (secondary N) is 1. The van der Waals surface area contributed by atoms with Gasteiger partial charge in [0.2, 0.25) is 0 Å². The van der Waals surface area contributed by atoms with Crippen molar-refractivity contribution in [3.8, 4) is 6.07 Å². The quantitative estimate of drug-likeness (QED) is 0.790. The second kappa shape index (κ2) is 6.46. The van der Waals surface area contributed by atoms with Crippen LogP contribution >= 0.6 is 0 Å². The van der Waals surface area contributed by atoms with Gasteiger partial charge in [0, 0.05) is 5.69 Å². The van der Waals surface area contributed by atoms with Crippen molar-refractivity contribution in [2.24, 2.45) is 0 Å². The summed E-state index contributed by atoms with van der Waals surface area (Å²) in [6, 6.07) is 8.62. The molecule has 0 spiro atoms. The lowest BCUT2D eigenvalue weighted by molar-refractivity contribution is 0.160. The average molecular weight is 218 g/mol. The smallest absolute Gasteiger partial charge is 0.411 e. The molecule has 1 amide bonds. The molecule has 84 valence electrons. The molecule has 1 rings (SSSR count). The van der Waals surface area contributed by atoms with Gasteiger partial charge in [-0.25, -0.2) is 4.79 Å². The van der Waals surface area contributed by atoms with Crippen molar-refractivity contribution in [3.63, 3.8) is 0 Å². The number of nitrogens with zero attached hydrogens (tertiary/aromatic N) is 1. The van der Waals surface area contributed by atoms with Gasteiger partial charge in [0.15, 0.2) is 0 Å². The Balaban J connectivity index is 2.41. The molecule has 1 N–H and O–H groups in total. The lowest BCUT2D eigenvalue weighted by atomic mass is 10.2. The van der Waals surface area contributed by atoms with E-state index < -0.39 is 6.09 Å². The Bertz CT molecular complexity index is 379. The van der Waals surface area contributed by atoms with Gasteiger partial charge in [-0.3, -0.25) is 5.32 Å².